The van der Waals surface area contributed by atoms with E-state index in [4.69, 9.17) is 14.4 Å². The predicted octanol–water partition coefficient (Wildman–Crippen LogP) is 3.93. The number of hydrogen-bond donors (Lipinski definition) is 0. The van der Waals surface area contributed by atoms with Crippen LogP contribution < -0.4 is 4.74 Å². The highest BCUT2D eigenvalue weighted by Gasteiger charge is 2.08. The Labute approximate surface area is 126 Å². The number of benzene rings is 2. The molecule has 3 aromatic rings. The molecule has 0 unspecified atom stereocenters. The molecule has 0 N–H and O–H groups in total. The molecule has 1 heterocycles. The van der Waals surface area contributed by atoms with Crippen LogP contribution in [0.5, 0.6) is 5.75 Å². The second kappa shape index (κ2) is 6.10. The first-order valence-corrected chi connectivity index (χ1v) is 6.58. The Morgan fingerprint density at radius 2 is 2.05 bits per heavy atom. The van der Waals surface area contributed by atoms with Crippen molar-refractivity contribution in [3.63, 3.8) is 0 Å². The first kappa shape index (κ1) is 13.8. The molecule has 0 atom stereocenters. The molecule has 4 nitrogen and oxygen atoms in total. The van der Waals surface area contributed by atoms with Gasteiger partial charge in [0.1, 0.15) is 30.1 Å². The van der Waals surface area contributed by atoms with E-state index < -0.39 is 0 Å². The largest absolute Gasteiger partial charge is 0.487 e. The van der Waals surface area contributed by atoms with Crippen molar-refractivity contribution in [2.45, 2.75) is 6.61 Å². The SMILES string of the molecule is N#Cc1cccc(OCc2coc(-c3cccc(F)c3)n2)c1. The van der Waals surface area contributed by atoms with E-state index in [1.165, 1.54) is 18.4 Å². The van der Waals surface area contributed by atoms with Gasteiger partial charge in [-0.2, -0.15) is 5.26 Å². The van der Waals surface area contributed by atoms with Crippen molar-refractivity contribution in [2.24, 2.45) is 0 Å². The van der Waals surface area contributed by atoms with E-state index in [0.29, 0.717) is 28.5 Å². The molecule has 2 aromatic carbocycles. The summed E-state index contributed by atoms with van der Waals surface area (Å²) in [6.07, 6.45) is 1.47. The van der Waals surface area contributed by atoms with E-state index in [0.717, 1.165) is 0 Å². The second-order valence-corrected chi connectivity index (χ2v) is 4.58. The molecular weight excluding hydrogens is 283 g/mol. The maximum atomic E-state index is 13.2. The van der Waals surface area contributed by atoms with Gasteiger partial charge in [0, 0.05) is 5.56 Å². The van der Waals surface area contributed by atoms with Crippen molar-refractivity contribution >= 4 is 0 Å². The Kier molecular flexibility index (Phi) is 3.84. The van der Waals surface area contributed by atoms with Crippen molar-refractivity contribution < 1.29 is 13.5 Å². The van der Waals surface area contributed by atoms with Crippen LogP contribution in [-0.2, 0) is 6.61 Å². The van der Waals surface area contributed by atoms with Crippen LogP contribution in [0.4, 0.5) is 4.39 Å². The highest BCUT2D eigenvalue weighted by molar-refractivity contribution is 5.52. The molecule has 0 saturated heterocycles. The monoisotopic (exact) mass is 294 g/mol. The van der Waals surface area contributed by atoms with Gasteiger partial charge < -0.3 is 9.15 Å². The van der Waals surface area contributed by atoms with E-state index in [-0.39, 0.29) is 12.4 Å². The average Bonchev–Trinajstić information content (AvgIpc) is 3.02. The summed E-state index contributed by atoms with van der Waals surface area (Å²) in [5, 5.41) is 8.84. The molecule has 0 radical (unpaired) electrons. The smallest absolute Gasteiger partial charge is 0.226 e. The van der Waals surface area contributed by atoms with Crippen LogP contribution >= 0.6 is 0 Å². The van der Waals surface area contributed by atoms with Gasteiger partial charge in [-0.3, -0.25) is 0 Å². The Balaban J connectivity index is 1.71. The second-order valence-electron chi connectivity index (χ2n) is 4.58. The maximum absolute atomic E-state index is 13.2. The van der Waals surface area contributed by atoms with E-state index in [1.54, 1.807) is 36.4 Å². The zero-order valence-corrected chi connectivity index (χ0v) is 11.5. The molecule has 0 aliphatic heterocycles. The third kappa shape index (κ3) is 3.13. The van der Waals surface area contributed by atoms with Crippen molar-refractivity contribution in [3.8, 4) is 23.3 Å². The van der Waals surface area contributed by atoms with Crippen LogP contribution in [-0.4, -0.2) is 4.98 Å². The lowest BCUT2D eigenvalue weighted by molar-refractivity contribution is 0.301. The summed E-state index contributed by atoms with van der Waals surface area (Å²) in [6, 6.07) is 14.9. The quantitative estimate of drug-likeness (QED) is 0.731. The van der Waals surface area contributed by atoms with Crippen LogP contribution in [0, 0.1) is 17.1 Å². The fourth-order valence-corrected chi connectivity index (χ4v) is 1.94. The van der Waals surface area contributed by atoms with Crippen LogP contribution in [0.25, 0.3) is 11.5 Å². The molecule has 22 heavy (non-hydrogen) atoms. The number of hydrogen-bond acceptors (Lipinski definition) is 4. The Morgan fingerprint density at radius 1 is 1.18 bits per heavy atom. The molecule has 0 saturated carbocycles. The van der Waals surface area contributed by atoms with Crippen molar-refractivity contribution in [2.75, 3.05) is 0 Å². The van der Waals surface area contributed by atoms with Crippen LogP contribution in [0.1, 0.15) is 11.3 Å². The number of rotatable bonds is 4. The highest BCUT2D eigenvalue weighted by Crippen LogP contribution is 2.20. The van der Waals surface area contributed by atoms with Crippen LogP contribution in [0.15, 0.2) is 59.2 Å². The maximum Gasteiger partial charge on any atom is 0.226 e. The third-order valence-corrected chi connectivity index (χ3v) is 2.97. The van der Waals surface area contributed by atoms with Gasteiger partial charge in [-0.15, -0.1) is 0 Å². The Morgan fingerprint density at radius 3 is 2.86 bits per heavy atom. The molecule has 1 aromatic heterocycles. The molecule has 0 aliphatic rings. The Bertz CT molecular complexity index is 836. The van der Waals surface area contributed by atoms with E-state index >= 15 is 0 Å². The van der Waals surface area contributed by atoms with Gasteiger partial charge in [-0.05, 0) is 36.4 Å². The lowest BCUT2D eigenvalue weighted by Gasteiger charge is -2.03. The van der Waals surface area contributed by atoms with Gasteiger partial charge in [0.05, 0.1) is 11.6 Å². The molecule has 0 bridgehead atoms. The van der Waals surface area contributed by atoms with E-state index in [9.17, 15) is 4.39 Å². The molecule has 0 amide bonds. The predicted molar refractivity (Wildman–Crippen MR) is 77.4 cm³/mol. The van der Waals surface area contributed by atoms with Crippen LogP contribution in [0.2, 0.25) is 0 Å². The third-order valence-electron chi connectivity index (χ3n) is 2.97. The first-order chi connectivity index (χ1) is 10.7. The number of ether oxygens (including phenoxy) is 1. The number of halogens is 1. The Hall–Kier alpha value is -3.13. The van der Waals surface area contributed by atoms with Crippen molar-refractivity contribution in [1.29, 1.82) is 5.26 Å². The molecule has 3 rings (SSSR count). The van der Waals surface area contributed by atoms with Gasteiger partial charge in [-0.1, -0.05) is 12.1 Å². The van der Waals surface area contributed by atoms with Gasteiger partial charge in [0.15, 0.2) is 0 Å². The number of nitriles is 1. The molecular formula is C17H11FN2O2. The van der Waals surface area contributed by atoms with Gasteiger partial charge in [0.2, 0.25) is 5.89 Å². The van der Waals surface area contributed by atoms with Gasteiger partial charge in [0.25, 0.3) is 0 Å². The minimum Gasteiger partial charge on any atom is -0.487 e. The summed E-state index contributed by atoms with van der Waals surface area (Å²) in [5.74, 6) is 0.569. The standard InChI is InChI=1S/C17H11FN2O2/c18-14-5-2-4-13(8-14)17-20-15(11-22-17)10-21-16-6-1-3-12(7-16)9-19/h1-8,11H,10H2. The normalized spacial score (nSPS) is 10.2. The molecule has 0 fully saturated rings. The van der Waals surface area contributed by atoms with Gasteiger partial charge >= 0.3 is 0 Å². The highest BCUT2D eigenvalue weighted by atomic mass is 19.1. The molecule has 0 aliphatic carbocycles. The van der Waals surface area contributed by atoms with Crippen LogP contribution in [0.3, 0.4) is 0 Å². The minimum atomic E-state index is -0.346. The number of aromatic nitrogens is 1. The summed E-state index contributed by atoms with van der Waals surface area (Å²) >= 11 is 0. The summed E-state index contributed by atoms with van der Waals surface area (Å²) in [6.45, 7) is 0.202. The van der Waals surface area contributed by atoms with Crippen molar-refractivity contribution in [3.05, 3.63) is 71.9 Å². The zero-order chi connectivity index (χ0) is 15.4. The molecule has 0 spiro atoms. The van der Waals surface area contributed by atoms with E-state index in [2.05, 4.69) is 4.98 Å². The zero-order valence-electron chi connectivity index (χ0n) is 11.5. The van der Waals surface area contributed by atoms with Crippen molar-refractivity contribution in [1.82, 2.24) is 4.98 Å². The summed E-state index contributed by atoms with van der Waals surface area (Å²) in [4.78, 5) is 4.26. The summed E-state index contributed by atoms with van der Waals surface area (Å²) in [7, 11) is 0. The first-order valence-electron chi connectivity index (χ1n) is 6.58. The lowest BCUT2D eigenvalue weighted by Crippen LogP contribution is -1.96. The number of oxazole rings is 1. The summed E-state index contributed by atoms with van der Waals surface area (Å²) < 4.78 is 24.1. The molecule has 5 heteroatoms. The number of nitrogens with zero attached hydrogens (tertiary/aromatic N) is 2. The molecule has 108 valence electrons. The fourth-order valence-electron chi connectivity index (χ4n) is 1.94. The average molecular weight is 294 g/mol. The topological polar surface area (TPSA) is 59.0 Å². The van der Waals surface area contributed by atoms with Gasteiger partial charge in [-0.25, -0.2) is 9.37 Å². The minimum absolute atomic E-state index is 0.202. The lowest BCUT2D eigenvalue weighted by atomic mass is 10.2. The summed E-state index contributed by atoms with van der Waals surface area (Å²) in [5.41, 5.74) is 1.68. The van der Waals surface area contributed by atoms with E-state index in [1.807, 2.05) is 6.07 Å². The fraction of sp³-hybridized carbons (Fsp3) is 0.0588.